The molecular weight excluding hydrogens is 217 g/mol. The lowest BCUT2D eigenvalue weighted by Crippen LogP contribution is -2.39. The minimum Gasteiger partial charge on any atom is -0.246 e. The Morgan fingerprint density at radius 2 is 2.20 bits per heavy atom. The fourth-order valence-electron chi connectivity index (χ4n) is 1.39. The molecule has 0 bridgehead atoms. The first-order valence-corrected chi connectivity index (χ1v) is 4.85. The highest BCUT2D eigenvalue weighted by Crippen LogP contribution is 2.23. The van der Waals surface area contributed by atoms with Crippen molar-refractivity contribution in [2.45, 2.75) is 0 Å². The quantitative estimate of drug-likeness (QED) is 0.622. The number of guanidine groups is 2. The first-order valence-electron chi connectivity index (χ1n) is 4.13. The molecule has 0 saturated carbocycles. The summed E-state index contributed by atoms with van der Waals surface area (Å²) in [6.45, 7) is 0. The molecule has 0 aromatic heterocycles. The van der Waals surface area contributed by atoms with Crippen molar-refractivity contribution in [1.82, 2.24) is 4.90 Å². The third-order valence-corrected chi connectivity index (χ3v) is 2.31. The zero-order chi connectivity index (χ0) is 10.3. The van der Waals surface area contributed by atoms with Crippen LogP contribution in [0.5, 0.6) is 0 Å². The summed E-state index contributed by atoms with van der Waals surface area (Å²) in [5.74, 6) is 0.788. The van der Waals surface area contributed by atoms with E-state index in [0.717, 1.165) is 5.70 Å². The largest absolute Gasteiger partial charge is 0.246 e. The molecule has 0 aromatic rings. The Hall–Kier alpha value is -1.76. The lowest BCUT2D eigenvalue weighted by Gasteiger charge is -2.28. The minimum atomic E-state index is -0.0165. The van der Waals surface area contributed by atoms with E-state index in [2.05, 4.69) is 20.0 Å². The number of hydrogen-bond donors (Lipinski definition) is 0. The van der Waals surface area contributed by atoms with Crippen molar-refractivity contribution in [3.63, 3.8) is 0 Å². The Balaban J connectivity index is 2.16. The van der Waals surface area contributed by atoms with Crippen LogP contribution in [0.1, 0.15) is 0 Å². The van der Waals surface area contributed by atoms with Gasteiger partial charge in [0.15, 0.2) is 0 Å². The van der Waals surface area contributed by atoms with Crippen LogP contribution in [0.3, 0.4) is 0 Å². The summed E-state index contributed by atoms with van der Waals surface area (Å²) in [5.41, 5.74) is 0.875. The zero-order valence-electron chi connectivity index (χ0n) is 7.33. The minimum absolute atomic E-state index is 0.0165. The van der Waals surface area contributed by atoms with E-state index in [1.54, 1.807) is 17.3 Å². The molecule has 0 radical (unpaired) electrons. The van der Waals surface area contributed by atoms with E-state index in [4.69, 9.17) is 0 Å². The first kappa shape index (κ1) is 8.54. The maximum atomic E-state index is 12.4. The van der Waals surface area contributed by atoms with Crippen LogP contribution < -0.4 is 0 Å². The summed E-state index contributed by atoms with van der Waals surface area (Å²) >= 11 is -0.0165. The highest BCUT2D eigenvalue weighted by molar-refractivity contribution is 8.09. The second kappa shape index (κ2) is 3.13. The second-order valence-corrected chi connectivity index (χ2v) is 3.35. The van der Waals surface area contributed by atoms with Gasteiger partial charge in [-0.05, 0) is 12.2 Å². The third kappa shape index (κ3) is 1.23. The van der Waals surface area contributed by atoms with Crippen LogP contribution in [0.25, 0.3) is 0 Å². The number of nitrogens with zero attached hydrogens (tertiary/aromatic N) is 5. The number of rotatable bonds is 0. The van der Waals surface area contributed by atoms with Gasteiger partial charge in [0.1, 0.15) is 12.1 Å². The van der Waals surface area contributed by atoms with Crippen LogP contribution in [-0.2, 0) is 0 Å². The maximum Gasteiger partial charge on any atom is 0.239 e. The van der Waals surface area contributed by atoms with Gasteiger partial charge in [0, 0.05) is 12.4 Å². The summed E-state index contributed by atoms with van der Waals surface area (Å²) in [6.07, 6.45) is 6.86. The van der Waals surface area contributed by atoms with Gasteiger partial charge in [-0.1, -0.05) is 0 Å². The molecule has 7 heteroatoms. The number of halogens is 1. The van der Waals surface area contributed by atoms with Crippen LogP contribution >= 0.6 is 12.1 Å². The Labute approximate surface area is 88.8 Å². The van der Waals surface area contributed by atoms with E-state index >= 15 is 0 Å². The smallest absolute Gasteiger partial charge is 0.239 e. The number of hydrogen-bond acceptors (Lipinski definition) is 6. The molecule has 74 valence electrons. The summed E-state index contributed by atoms with van der Waals surface area (Å²) in [4.78, 5) is 17.6. The number of aliphatic imine (C=N–C) groups is 4. The zero-order valence-corrected chi connectivity index (χ0v) is 8.15. The molecule has 3 aliphatic rings. The molecule has 0 unspecified atom stereocenters. The van der Waals surface area contributed by atoms with Gasteiger partial charge in [0.25, 0.3) is 0 Å². The van der Waals surface area contributed by atoms with E-state index in [-0.39, 0.29) is 17.3 Å². The maximum absolute atomic E-state index is 12.4. The average Bonchev–Trinajstić information content (AvgIpc) is 2.29. The monoisotopic (exact) mass is 221 g/mol. The van der Waals surface area contributed by atoms with Gasteiger partial charge in [-0.2, -0.15) is 13.9 Å². The second-order valence-electron chi connectivity index (χ2n) is 2.83. The van der Waals surface area contributed by atoms with E-state index in [9.17, 15) is 3.89 Å². The standard InChI is InChI=1S/C8H4FN5S/c9-15-8-12-6-10-3-1-5-2-4-11-7(13-8)14(5)6/h1-4H. The predicted octanol–water partition coefficient (Wildman–Crippen LogP) is 1.48. The average molecular weight is 221 g/mol. The van der Waals surface area contributed by atoms with Crippen molar-refractivity contribution in [3.05, 3.63) is 24.0 Å². The van der Waals surface area contributed by atoms with Crippen molar-refractivity contribution in [2.75, 3.05) is 0 Å². The van der Waals surface area contributed by atoms with Crippen LogP contribution in [-0.4, -0.2) is 28.2 Å². The molecule has 0 aliphatic carbocycles. The van der Waals surface area contributed by atoms with Gasteiger partial charge in [0.2, 0.25) is 17.1 Å². The fraction of sp³-hybridized carbons (Fsp3) is 0. The van der Waals surface area contributed by atoms with Crippen LogP contribution in [0.15, 0.2) is 44.0 Å². The van der Waals surface area contributed by atoms with Crippen molar-refractivity contribution in [1.29, 1.82) is 0 Å². The van der Waals surface area contributed by atoms with Gasteiger partial charge < -0.3 is 0 Å². The Morgan fingerprint density at radius 1 is 1.27 bits per heavy atom. The van der Waals surface area contributed by atoms with Gasteiger partial charge in [0.05, 0.1) is 5.70 Å². The highest BCUT2D eigenvalue weighted by Gasteiger charge is 2.28. The van der Waals surface area contributed by atoms with Crippen molar-refractivity contribution in [3.8, 4) is 0 Å². The van der Waals surface area contributed by atoms with Gasteiger partial charge in [-0.3, -0.25) is 0 Å². The van der Waals surface area contributed by atoms with Gasteiger partial charge in [-0.25, -0.2) is 14.9 Å². The molecule has 0 atom stereocenters. The summed E-state index contributed by atoms with van der Waals surface area (Å²) in [5, 5.41) is 0.0219. The Kier molecular flexibility index (Phi) is 1.78. The normalized spacial score (nSPS) is 21.5. The third-order valence-electron chi connectivity index (χ3n) is 1.99. The van der Waals surface area contributed by atoms with E-state index in [0.29, 0.717) is 11.9 Å². The van der Waals surface area contributed by atoms with Crippen LogP contribution in [0, 0.1) is 0 Å². The Bertz CT molecular complexity index is 497. The number of amidine groups is 1. The molecule has 0 fully saturated rings. The van der Waals surface area contributed by atoms with Gasteiger partial charge in [-0.15, -0.1) is 0 Å². The molecule has 0 amide bonds. The summed E-state index contributed by atoms with van der Waals surface area (Å²) in [6, 6.07) is 0. The van der Waals surface area contributed by atoms with Crippen LogP contribution in [0.2, 0.25) is 0 Å². The van der Waals surface area contributed by atoms with Crippen molar-refractivity contribution >= 4 is 35.4 Å². The molecule has 0 aromatic carbocycles. The lowest BCUT2D eigenvalue weighted by atomic mass is 10.3. The molecule has 15 heavy (non-hydrogen) atoms. The van der Waals surface area contributed by atoms with Gasteiger partial charge >= 0.3 is 0 Å². The first-order chi connectivity index (χ1) is 7.38. The predicted molar refractivity (Wildman–Crippen MR) is 58.6 cm³/mol. The fourth-order valence-corrected chi connectivity index (χ4v) is 1.62. The summed E-state index contributed by atoms with van der Waals surface area (Å²) in [7, 11) is 0. The SMILES string of the molecule is FSC1=NC2=NC=CC3=CC=NC(=N1)N32. The topological polar surface area (TPSA) is 52.7 Å². The van der Waals surface area contributed by atoms with E-state index < -0.39 is 0 Å². The molecule has 0 N–H and O–H groups in total. The molecule has 3 heterocycles. The van der Waals surface area contributed by atoms with Crippen molar-refractivity contribution < 1.29 is 3.89 Å². The van der Waals surface area contributed by atoms with E-state index in [1.807, 2.05) is 12.2 Å². The lowest BCUT2D eigenvalue weighted by molar-refractivity contribution is 0.736. The molecular formula is C8H4FN5S. The van der Waals surface area contributed by atoms with Crippen LogP contribution in [0.4, 0.5) is 3.89 Å². The Morgan fingerprint density at radius 3 is 3.07 bits per heavy atom. The molecule has 3 aliphatic heterocycles. The van der Waals surface area contributed by atoms with Crippen molar-refractivity contribution in [2.24, 2.45) is 20.0 Å². The molecule has 0 saturated heterocycles. The molecule has 0 spiro atoms. The van der Waals surface area contributed by atoms with E-state index in [1.165, 1.54) is 0 Å². The highest BCUT2D eigenvalue weighted by atomic mass is 32.2. The molecule has 3 rings (SSSR count). The summed E-state index contributed by atoms with van der Waals surface area (Å²) < 4.78 is 12.4. The molecule has 5 nitrogen and oxygen atoms in total. The number of allylic oxidation sites excluding steroid dienone is 2.